The highest BCUT2D eigenvalue weighted by Gasteiger charge is 2.16. The van der Waals surface area contributed by atoms with Crippen LogP contribution in [0.1, 0.15) is 38.7 Å². The summed E-state index contributed by atoms with van der Waals surface area (Å²) < 4.78 is 5.51. The van der Waals surface area contributed by atoms with Gasteiger partial charge in [0.2, 0.25) is 0 Å². The van der Waals surface area contributed by atoms with Gasteiger partial charge in [0.05, 0.1) is 0 Å². The molecule has 0 fully saturated rings. The Balaban J connectivity index is 2.55. The SMILES string of the molecule is CCNC(COc1ccc(C(C)CC)cc1)C(=O)O. The molecule has 0 aliphatic carbocycles. The van der Waals surface area contributed by atoms with Crippen molar-refractivity contribution in [3.63, 3.8) is 0 Å². The van der Waals surface area contributed by atoms with E-state index in [0.29, 0.717) is 18.2 Å². The van der Waals surface area contributed by atoms with E-state index >= 15 is 0 Å². The number of carboxylic acids is 1. The number of aliphatic carboxylic acids is 1. The van der Waals surface area contributed by atoms with Gasteiger partial charge in [0.1, 0.15) is 18.4 Å². The average Bonchev–Trinajstić information content (AvgIpc) is 2.42. The molecule has 0 aromatic heterocycles. The van der Waals surface area contributed by atoms with E-state index in [2.05, 4.69) is 19.2 Å². The highest BCUT2D eigenvalue weighted by atomic mass is 16.5. The number of benzene rings is 1. The summed E-state index contributed by atoms with van der Waals surface area (Å²) in [5.74, 6) is 0.344. The van der Waals surface area contributed by atoms with E-state index in [1.54, 1.807) is 0 Å². The van der Waals surface area contributed by atoms with E-state index in [0.717, 1.165) is 6.42 Å². The summed E-state index contributed by atoms with van der Waals surface area (Å²) in [5, 5.41) is 11.9. The smallest absolute Gasteiger partial charge is 0.324 e. The number of carboxylic acid groups (broad SMARTS) is 1. The molecule has 2 N–H and O–H groups in total. The normalized spacial score (nSPS) is 13.8. The Hall–Kier alpha value is -1.55. The number of hydrogen-bond donors (Lipinski definition) is 2. The average molecular weight is 265 g/mol. The molecule has 0 spiro atoms. The molecule has 1 rings (SSSR count). The number of hydrogen-bond acceptors (Lipinski definition) is 3. The summed E-state index contributed by atoms with van der Waals surface area (Å²) >= 11 is 0. The number of rotatable bonds is 8. The van der Waals surface area contributed by atoms with Gasteiger partial charge in [-0.25, -0.2) is 0 Å². The molecule has 2 atom stereocenters. The van der Waals surface area contributed by atoms with Crippen LogP contribution in [0.4, 0.5) is 0 Å². The second-order valence-electron chi connectivity index (χ2n) is 4.64. The van der Waals surface area contributed by atoms with Crippen LogP contribution in [-0.2, 0) is 4.79 Å². The molecule has 0 aliphatic rings. The minimum atomic E-state index is -0.891. The van der Waals surface area contributed by atoms with Crippen molar-refractivity contribution in [3.05, 3.63) is 29.8 Å². The van der Waals surface area contributed by atoms with Crippen molar-refractivity contribution in [3.8, 4) is 5.75 Å². The Kier molecular flexibility index (Phi) is 6.36. The molecule has 0 aliphatic heterocycles. The van der Waals surface area contributed by atoms with Crippen molar-refractivity contribution in [2.45, 2.75) is 39.2 Å². The molecule has 0 radical (unpaired) electrons. The third-order valence-corrected chi connectivity index (χ3v) is 3.23. The van der Waals surface area contributed by atoms with Gasteiger partial charge in [-0.1, -0.05) is 32.9 Å². The molecule has 0 amide bonds. The van der Waals surface area contributed by atoms with Gasteiger partial charge in [-0.3, -0.25) is 4.79 Å². The van der Waals surface area contributed by atoms with Crippen LogP contribution in [0.3, 0.4) is 0 Å². The van der Waals surface area contributed by atoms with Crippen molar-refractivity contribution in [2.75, 3.05) is 13.2 Å². The number of ether oxygens (including phenoxy) is 1. The van der Waals surface area contributed by atoms with E-state index in [1.807, 2.05) is 31.2 Å². The maximum absolute atomic E-state index is 11.0. The monoisotopic (exact) mass is 265 g/mol. The number of likely N-dealkylation sites (N-methyl/N-ethyl adjacent to an activating group) is 1. The van der Waals surface area contributed by atoms with Gasteiger partial charge in [-0.05, 0) is 36.6 Å². The third-order valence-electron chi connectivity index (χ3n) is 3.23. The first-order chi connectivity index (χ1) is 9.08. The molecule has 19 heavy (non-hydrogen) atoms. The molecular weight excluding hydrogens is 242 g/mol. The van der Waals surface area contributed by atoms with Crippen LogP contribution in [0.25, 0.3) is 0 Å². The Bertz CT molecular complexity index is 389. The van der Waals surface area contributed by atoms with E-state index in [-0.39, 0.29) is 6.61 Å². The van der Waals surface area contributed by atoms with Gasteiger partial charge in [0, 0.05) is 0 Å². The van der Waals surface area contributed by atoms with Gasteiger partial charge in [0.15, 0.2) is 0 Å². The zero-order valence-corrected chi connectivity index (χ0v) is 11.8. The molecule has 106 valence electrons. The van der Waals surface area contributed by atoms with Gasteiger partial charge in [-0.2, -0.15) is 0 Å². The van der Waals surface area contributed by atoms with Crippen molar-refractivity contribution in [2.24, 2.45) is 0 Å². The highest BCUT2D eigenvalue weighted by Crippen LogP contribution is 2.21. The quantitative estimate of drug-likeness (QED) is 0.758. The largest absolute Gasteiger partial charge is 0.491 e. The van der Waals surface area contributed by atoms with E-state index < -0.39 is 12.0 Å². The minimum absolute atomic E-state index is 0.131. The molecular formula is C15H23NO3. The fourth-order valence-electron chi connectivity index (χ4n) is 1.77. The van der Waals surface area contributed by atoms with Crippen LogP contribution in [0.2, 0.25) is 0 Å². The highest BCUT2D eigenvalue weighted by molar-refractivity contribution is 5.73. The predicted octanol–water partition coefficient (Wildman–Crippen LogP) is 2.64. The van der Waals surface area contributed by atoms with Crippen LogP contribution >= 0.6 is 0 Å². The Morgan fingerprint density at radius 1 is 1.32 bits per heavy atom. The van der Waals surface area contributed by atoms with Crippen LogP contribution in [0.5, 0.6) is 5.75 Å². The maximum atomic E-state index is 11.0. The van der Waals surface area contributed by atoms with Gasteiger partial charge in [0.25, 0.3) is 0 Å². The molecule has 4 heteroatoms. The summed E-state index contributed by atoms with van der Waals surface area (Å²) in [6.07, 6.45) is 1.10. The lowest BCUT2D eigenvalue weighted by Crippen LogP contribution is -2.41. The minimum Gasteiger partial charge on any atom is -0.491 e. The molecule has 2 unspecified atom stereocenters. The summed E-state index contributed by atoms with van der Waals surface area (Å²) in [5.41, 5.74) is 1.27. The molecule has 1 aromatic carbocycles. The van der Waals surface area contributed by atoms with Crippen molar-refractivity contribution in [1.29, 1.82) is 0 Å². The zero-order valence-electron chi connectivity index (χ0n) is 11.8. The van der Waals surface area contributed by atoms with Gasteiger partial charge in [-0.15, -0.1) is 0 Å². The number of carbonyl (C=O) groups is 1. The Morgan fingerprint density at radius 3 is 2.42 bits per heavy atom. The molecule has 1 aromatic rings. The molecule has 0 heterocycles. The van der Waals surface area contributed by atoms with Gasteiger partial charge < -0.3 is 15.2 Å². The maximum Gasteiger partial charge on any atom is 0.324 e. The predicted molar refractivity (Wildman–Crippen MR) is 75.7 cm³/mol. The summed E-state index contributed by atoms with van der Waals surface area (Å²) in [7, 11) is 0. The van der Waals surface area contributed by atoms with Crippen molar-refractivity contribution < 1.29 is 14.6 Å². The second-order valence-corrected chi connectivity index (χ2v) is 4.64. The number of nitrogens with one attached hydrogen (secondary N) is 1. The second kappa shape index (κ2) is 7.79. The first-order valence-corrected chi connectivity index (χ1v) is 6.77. The van der Waals surface area contributed by atoms with Crippen LogP contribution < -0.4 is 10.1 Å². The summed E-state index contributed by atoms with van der Waals surface area (Å²) in [6, 6.07) is 7.19. The molecule has 0 saturated carbocycles. The summed E-state index contributed by atoms with van der Waals surface area (Å²) in [4.78, 5) is 11.0. The molecule has 0 saturated heterocycles. The first-order valence-electron chi connectivity index (χ1n) is 6.77. The fourth-order valence-corrected chi connectivity index (χ4v) is 1.77. The summed E-state index contributed by atoms with van der Waals surface area (Å²) in [6.45, 7) is 6.94. The van der Waals surface area contributed by atoms with Crippen LogP contribution in [-0.4, -0.2) is 30.3 Å². The molecule has 4 nitrogen and oxygen atoms in total. The van der Waals surface area contributed by atoms with Crippen LogP contribution in [0, 0.1) is 0 Å². The van der Waals surface area contributed by atoms with E-state index in [1.165, 1.54) is 5.56 Å². The lowest BCUT2D eigenvalue weighted by Gasteiger charge is -2.15. The zero-order chi connectivity index (χ0) is 14.3. The van der Waals surface area contributed by atoms with Crippen molar-refractivity contribution in [1.82, 2.24) is 5.32 Å². The fraction of sp³-hybridized carbons (Fsp3) is 0.533. The lowest BCUT2D eigenvalue weighted by atomic mass is 9.99. The molecule has 0 bridgehead atoms. The van der Waals surface area contributed by atoms with E-state index in [4.69, 9.17) is 9.84 Å². The Labute approximate surface area is 114 Å². The third kappa shape index (κ3) is 4.91. The topological polar surface area (TPSA) is 58.6 Å². The standard InChI is InChI=1S/C15H23NO3/c1-4-11(3)12-6-8-13(9-7-12)19-10-14(15(17)18)16-5-2/h6-9,11,14,16H,4-5,10H2,1-3H3,(H,17,18). The lowest BCUT2D eigenvalue weighted by molar-refractivity contribution is -0.140. The van der Waals surface area contributed by atoms with E-state index in [9.17, 15) is 4.79 Å². The van der Waals surface area contributed by atoms with Gasteiger partial charge >= 0.3 is 5.97 Å². The first kappa shape index (κ1) is 15.5. The Morgan fingerprint density at radius 2 is 1.95 bits per heavy atom. The van der Waals surface area contributed by atoms with Crippen LogP contribution in [0.15, 0.2) is 24.3 Å². The van der Waals surface area contributed by atoms with Crippen molar-refractivity contribution >= 4 is 5.97 Å².